The van der Waals surface area contributed by atoms with E-state index >= 15 is 0 Å². The Bertz CT molecular complexity index is 1040. The van der Waals surface area contributed by atoms with Gasteiger partial charge in [-0.25, -0.2) is 0 Å². The third-order valence-electron chi connectivity index (χ3n) is 4.10. The van der Waals surface area contributed by atoms with Crippen LogP contribution in [-0.2, 0) is 9.59 Å². The van der Waals surface area contributed by atoms with Gasteiger partial charge in [-0.1, -0.05) is 23.7 Å². The summed E-state index contributed by atoms with van der Waals surface area (Å²) in [7, 11) is 1.58. The molecule has 3 rings (SSSR count). The molecule has 3 amide bonds. The third kappa shape index (κ3) is 5.12. The van der Waals surface area contributed by atoms with Crippen molar-refractivity contribution in [3.8, 4) is 5.75 Å². The highest BCUT2D eigenvalue weighted by Gasteiger charge is 2.36. The summed E-state index contributed by atoms with van der Waals surface area (Å²) in [5, 5.41) is 2.68. The standard InChI is InChI=1S/C20H16ClIN2O4S/c1-11-3-5-13(9-14(11)21)23-18(25)10-24-19(26)17(29-20(24)27)8-12-4-6-16(28-2)15(22)7-12/h3-9H,10H2,1-2H3,(H,23,25)/b17-8-. The van der Waals surface area contributed by atoms with E-state index in [4.69, 9.17) is 16.3 Å². The fraction of sp³-hybridized carbons (Fsp3) is 0.150. The molecule has 29 heavy (non-hydrogen) atoms. The lowest BCUT2D eigenvalue weighted by molar-refractivity contribution is -0.127. The number of amides is 3. The van der Waals surface area contributed by atoms with Crippen LogP contribution < -0.4 is 10.1 Å². The summed E-state index contributed by atoms with van der Waals surface area (Å²) in [6.07, 6.45) is 1.63. The fourth-order valence-electron chi connectivity index (χ4n) is 2.57. The largest absolute Gasteiger partial charge is 0.496 e. The molecule has 1 N–H and O–H groups in total. The summed E-state index contributed by atoms with van der Waals surface area (Å²) >= 11 is 8.99. The number of rotatable bonds is 5. The SMILES string of the molecule is COc1ccc(/C=C2\SC(=O)N(CC(=O)Nc3ccc(C)c(Cl)c3)C2=O)cc1I. The van der Waals surface area contributed by atoms with Gasteiger partial charge in [-0.15, -0.1) is 0 Å². The van der Waals surface area contributed by atoms with Gasteiger partial charge in [0.15, 0.2) is 0 Å². The molecule has 2 aromatic rings. The normalized spacial score (nSPS) is 15.2. The van der Waals surface area contributed by atoms with Gasteiger partial charge in [0.25, 0.3) is 11.1 Å². The average Bonchev–Trinajstić information content (AvgIpc) is 2.92. The van der Waals surface area contributed by atoms with Gasteiger partial charge < -0.3 is 10.1 Å². The second-order valence-electron chi connectivity index (χ2n) is 6.17. The van der Waals surface area contributed by atoms with Gasteiger partial charge in [0.1, 0.15) is 12.3 Å². The second-order valence-corrected chi connectivity index (χ2v) is 8.74. The number of benzene rings is 2. The van der Waals surface area contributed by atoms with Crippen LogP contribution in [0.25, 0.3) is 6.08 Å². The van der Waals surface area contributed by atoms with Crippen molar-refractivity contribution >= 4 is 74.8 Å². The van der Waals surface area contributed by atoms with E-state index in [1.807, 2.05) is 13.0 Å². The molecule has 0 aliphatic carbocycles. The van der Waals surface area contributed by atoms with Crippen molar-refractivity contribution in [1.82, 2.24) is 4.90 Å². The van der Waals surface area contributed by atoms with Crippen LogP contribution in [0.5, 0.6) is 5.75 Å². The molecule has 0 bridgehead atoms. The molecule has 1 aliphatic rings. The minimum atomic E-state index is -0.497. The van der Waals surface area contributed by atoms with Crippen molar-refractivity contribution in [2.24, 2.45) is 0 Å². The molecule has 9 heteroatoms. The number of aryl methyl sites for hydroxylation is 1. The predicted octanol–water partition coefficient (Wildman–Crippen LogP) is 4.94. The molecule has 0 unspecified atom stereocenters. The lowest BCUT2D eigenvalue weighted by atomic mass is 10.2. The van der Waals surface area contributed by atoms with Crippen LogP contribution in [0.4, 0.5) is 10.5 Å². The van der Waals surface area contributed by atoms with Gasteiger partial charge in [-0.2, -0.15) is 0 Å². The molecule has 0 radical (unpaired) electrons. The monoisotopic (exact) mass is 542 g/mol. The Morgan fingerprint density at radius 3 is 2.69 bits per heavy atom. The molecule has 6 nitrogen and oxygen atoms in total. The van der Waals surface area contributed by atoms with Crippen molar-refractivity contribution in [1.29, 1.82) is 0 Å². The lowest BCUT2D eigenvalue weighted by Gasteiger charge is -2.13. The number of carbonyl (C=O) groups is 3. The molecule has 1 saturated heterocycles. The number of hydrogen-bond donors (Lipinski definition) is 1. The van der Waals surface area contributed by atoms with E-state index in [-0.39, 0.29) is 11.4 Å². The third-order valence-corrected chi connectivity index (χ3v) is 6.26. The van der Waals surface area contributed by atoms with E-state index in [1.54, 1.807) is 43.5 Å². The predicted molar refractivity (Wildman–Crippen MR) is 123 cm³/mol. The van der Waals surface area contributed by atoms with E-state index in [2.05, 4.69) is 27.9 Å². The number of anilines is 1. The molecule has 2 aromatic carbocycles. The van der Waals surface area contributed by atoms with Crippen molar-refractivity contribution in [3.63, 3.8) is 0 Å². The second kappa shape index (κ2) is 9.19. The molecule has 0 spiro atoms. The number of carbonyl (C=O) groups excluding carboxylic acids is 3. The van der Waals surface area contributed by atoms with Crippen LogP contribution in [-0.4, -0.2) is 35.6 Å². The average molecular weight is 543 g/mol. The van der Waals surface area contributed by atoms with Crippen LogP contribution in [0, 0.1) is 10.5 Å². The smallest absolute Gasteiger partial charge is 0.294 e. The van der Waals surface area contributed by atoms with E-state index in [1.165, 1.54) is 0 Å². The number of halogens is 2. The first-order chi connectivity index (χ1) is 13.8. The summed E-state index contributed by atoms with van der Waals surface area (Å²) in [5.74, 6) is -0.251. The number of hydrogen-bond acceptors (Lipinski definition) is 5. The van der Waals surface area contributed by atoms with Crippen LogP contribution in [0.2, 0.25) is 5.02 Å². The summed E-state index contributed by atoms with van der Waals surface area (Å²) in [5.41, 5.74) is 2.15. The molecule has 1 fully saturated rings. The van der Waals surface area contributed by atoms with Gasteiger partial charge in [0.2, 0.25) is 5.91 Å². The Kier molecular flexibility index (Phi) is 6.86. The minimum Gasteiger partial charge on any atom is -0.496 e. The summed E-state index contributed by atoms with van der Waals surface area (Å²) in [4.78, 5) is 38.3. The molecule has 0 saturated carbocycles. The maximum atomic E-state index is 12.6. The Morgan fingerprint density at radius 1 is 1.28 bits per heavy atom. The molecular formula is C20H16ClIN2O4S. The molecule has 1 aliphatic heterocycles. The number of thioether (sulfide) groups is 1. The topological polar surface area (TPSA) is 75.7 Å². The van der Waals surface area contributed by atoms with E-state index in [9.17, 15) is 14.4 Å². The van der Waals surface area contributed by atoms with Crippen molar-refractivity contribution in [3.05, 3.63) is 61.0 Å². The van der Waals surface area contributed by atoms with E-state index in [0.29, 0.717) is 10.7 Å². The first kappa shape index (κ1) is 21.7. The maximum Gasteiger partial charge on any atom is 0.294 e. The highest BCUT2D eigenvalue weighted by atomic mass is 127. The molecule has 0 aromatic heterocycles. The van der Waals surface area contributed by atoms with Crippen LogP contribution in [0.15, 0.2) is 41.3 Å². The number of imide groups is 1. The number of methoxy groups -OCH3 is 1. The quantitative estimate of drug-likeness (QED) is 0.428. The van der Waals surface area contributed by atoms with Gasteiger partial charge >= 0.3 is 0 Å². The molecule has 1 heterocycles. The summed E-state index contributed by atoms with van der Waals surface area (Å²) < 4.78 is 6.10. The first-order valence-corrected chi connectivity index (χ1v) is 10.7. The Balaban J connectivity index is 1.70. The molecule has 150 valence electrons. The van der Waals surface area contributed by atoms with Gasteiger partial charge in [-0.3, -0.25) is 19.3 Å². The summed E-state index contributed by atoms with van der Waals surface area (Å²) in [6.45, 7) is 1.48. The van der Waals surface area contributed by atoms with Gasteiger partial charge in [-0.05, 0) is 82.7 Å². The van der Waals surface area contributed by atoms with Crippen molar-refractivity contribution in [2.75, 3.05) is 19.0 Å². The van der Waals surface area contributed by atoms with Gasteiger partial charge in [0, 0.05) is 10.7 Å². The first-order valence-electron chi connectivity index (χ1n) is 8.43. The van der Waals surface area contributed by atoms with Crippen LogP contribution >= 0.6 is 46.0 Å². The number of nitrogens with zero attached hydrogens (tertiary/aromatic N) is 1. The highest BCUT2D eigenvalue weighted by Crippen LogP contribution is 2.33. The van der Waals surface area contributed by atoms with E-state index < -0.39 is 17.1 Å². The minimum absolute atomic E-state index is 0.266. The molecular weight excluding hydrogens is 527 g/mol. The van der Waals surface area contributed by atoms with Crippen LogP contribution in [0.1, 0.15) is 11.1 Å². The molecule has 0 atom stereocenters. The van der Waals surface area contributed by atoms with E-state index in [0.717, 1.165) is 37.1 Å². The maximum absolute atomic E-state index is 12.6. The fourth-order valence-corrected chi connectivity index (χ4v) is 4.35. The Hall–Kier alpha value is -2.04. The zero-order valence-electron chi connectivity index (χ0n) is 15.5. The highest BCUT2D eigenvalue weighted by molar-refractivity contribution is 14.1. The number of nitrogens with one attached hydrogen (secondary N) is 1. The zero-order valence-corrected chi connectivity index (χ0v) is 19.2. The van der Waals surface area contributed by atoms with Crippen LogP contribution in [0.3, 0.4) is 0 Å². The number of ether oxygens (including phenoxy) is 1. The summed E-state index contributed by atoms with van der Waals surface area (Å²) in [6, 6.07) is 10.5. The Morgan fingerprint density at radius 2 is 2.03 bits per heavy atom. The van der Waals surface area contributed by atoms with Crippen molar-refractivity contribution in [2.45, 2.75) is 6.92 Å². The lowest BCUT2D eigenvalue weighted by Crippen LogP contribution is -2.36. The van der Waals surface area contributed by atoms with Gasteiger partial charge in [0.05, 0.1) is 15.6 Å². The Labute approximate surface area is 190 Å². The van der Waals surface area contributed by atoms with Crippen molar-refractivity contribution < 1.29 is 19.1 Å². The zero-order chi connectivity index (χ0) is 21.1.